The van der Waals surface area contributed by atoms with Gasteiger partial charge in [0.25, 0.3) is 5.91 Å². The van der Waals surface area contributed by atoms with E-state index in [-0.39, 0.29) is 12.5 Å². The van der Waals surface area contributed by atoms with Crippen LogP contribution in [0.3, 0.4) is 0 Å². The van der Waals surface area contributed by atoms with E-state index < -0.39 is 0 Å². The van der Waals surface area contributed by atoms with Gasteiger partial charge in [0, 0.05) is 10.7 Å². The molecule has 0 aromatic heterocycles. The lowest BCUT2D eigenvalue weighted by Gasteiger charge is -2.13. The number of anilines is 1. The van der Waals surface area contributed by atoms with Crippen LogP contribution in [-0.4, -0.2) is 26.2 Å². The number of nitrogens with zero attached hydrogens (tertiary/aromatic N) is 1. The minimum absolute atomic E-state index is 0.198. The van der Waals surface area contributed by atoms with E-state index in [9.17, 15) is 10.1 Å². The van der Waals surface area contributed by atoms with E-state index >= 15 is 0 Å². The van der Waals surface area contributed by atoms with Gasteiger partial charge in [-0.25, -0.2) is 0 Å². The highest BCUT2D eigenvalue weighted by Gasteiger charge is 2.11. The predicted molar refractivity (Wildman–Crippen MR) is 134 cm³/mol. The summed E-state index contributed by atoms with van der Waals surface area (Å²) in [6.07, 6.45) is 1.77. The minimum Gasteiger partial charge on any atom is -0.497 e. The molecule has 0 heterocycles. The van der Waals surface area contributed by atoms with Crippen molar-refractivity contribution >= 4 is 34.8 Å². The van der Waals surface area contributed by atoms with Crippen LogP contribution in [0.1, 0.15) is 23.6 Å². The summed E-state index contributed by atoms with van der Waals surface area (Å²) in [4.78, 5) is 12.3. The van der Waals surface area contributed by atoms with Crippen LogP contribution >= 0.6 is 11.6 Å². The monoisotopic (exact) mass is 476 g/mol. The summed E-state index contributed by atoms with van der Waals surface area (Å²) in [5, 5.41) is 13.0. The molecule has 3 aromatic carbocycles. The van der Waals surface area contributed by atoms with Crippen LogP contribution in [0, 0.1) is 18.3 Å². The number of nitriles is 1. The van der Waals surface area contributed by atoms with Gasteiger partial charge in [0.15, 0.2) is 18.1 Å². The fourth-order valence-electron chi connectivity index (χ4n) is 3.13. The molecule has 174 valence electrons. The Bertz CT molecular complexity index is 1230. The number of benzene rings is 3. The number of hydrogen-bond acceptors (Lipinski definition) is 5. The molecule has 0 saturated carbocycles. The number of halogens is 1. The Balaban J connectivity index is 1.73. The first-order valence-corrected chi connectivity index (χ1v) is 11.0. The molecule has 3 aromatic rings. The first-order valence-electron chi connectivity index (χ1n) is 10.7. The van der Waals surface area contributed by atoms with Crippen molar-refractivity contribution in [3.63, 3.8) is 0 Å². The van der Waals surface area contributed by atoms with Crippen LogP contribution in [0.5, 0.6) is 17.2 Å². The number of nitrogens with one attached hydrogen (secondary N) is 1. The average Bonchev–Trinajstić information content (AvgIpc) is 2.84. The largest absolute Gasteiger partial charge is 0.497 e. The average molecular weight is 477 g/mol. The number of carbonyl (C=O) groups is 1. The van der Waals surface area contributed by atoms with E-state index in [2.05, 4.69) is 11.4 Å². The summed E-state index contributed by atoms with van der Waals surface area (Å²) in [5.74, 6) is 1.31. The summed E-state index contributed by atoms with van der Waals surface area (Å²) in [7, 11) is 1.59. The number of carbonyl (C=O) groups excluding carboxylic acids is 1. The third-order valence-corrected chi connectivity index (χ3v) is 5.32. The summed E-state index contributed by atoms with van der Waals surface area (Å²) in [5.41, 5.74) is 3.56. The molecule has 0 unspecified atom stereocenters. The Morgan fingerprint density at radius 1 is 1.06 bits per heavy atom. The summed E-state index contributed by atoms with van der Waals surface area (Å²) < 4.78 is 16.6. The maximum absolute atomic E-state index is 12.3. The van der Waals surface area contributed by atoms with Crippen molar-refractivity contribution in [1.82, 2.24) is 0 Å². The molecule has 34 heavy (non-hydrogen) atoms. The molecule has 0 radical (unpaired) electrons. The first-order chi connectivity index (χ1) is 16.4. The molecule has 7 heteroatoms. The highest BCUT2D eigenvalue weighted by atomic mass is 35.5. The second kappa shape index (κ2) is 11.8. The summed E-state index contributed by atoms with van der Waals surface area (Å²) in [6, 6.07) is 20.1. The quantitative estimate of drug-likeness (QED) is 0.296. The molecule has 0 aliphatic heterocycles. The summed E-state index contributed by atoms with van der Waals surface area (Å²) in [6.45, 7) is 3.97. The molecule has 0 atom stereocenters. The Morgan fingerprint density at radius 2 is 1.82 bits per heavy atom. The number of hydrogen-bond donors (Lipinski definition) is 1. The molecule has 0 aliphatic carbocycles. The third kappa shape index (κ3) is 6.53. The molecule has 0 aliphatic rings. The van der Waals surface area contributed by atoms with E-state index in [1.807, 2.05) is 32.0 Å². The highest BCUT2D eigenvalue weighted by molar-refractivity contribution is 6.31. The summed E-state index contributed by atoms with van der Waals surface area (Å²) >= 11 is 6.11. The second-order valence-corrected chi connectivity index (χ2v) is 7.75. The van der Waals surface area contributed by atoms with Gasteiger partial charge < -0.3 is 19.5 Å². The first kappa shape index (κ1) is 24.7. The zero-order valence-electron chi connectivity index (χ0n) is 19.2. The minimum atomic E-state index is -0.322. The van der Waals surface area contributed by atoms with Gasteiger partial charge in [-0.2, -0.15) is 5.26 Å². The lowest BCUT2D eigenvalue weighted by atomic mass is 10.0. The van der Waals surface area contributed by atoms with Gasteiger partial charge in [-0.1, -0.05) is 23.7 Å². The van der Waals surface area contributed by atoms with Gasteiger partial charge in [0.1, 0.15) is 5.75 Å². The standard InChI is InChI=1S/C27H25ClN2O4/c1-4-33-26-14-19(13-21(16-29)20-7-10-23(32-3)11-8-20)6-12-25(26)34-17-27(31)30-22-9-5-18(2)24(28)15-22/h5-15H,4,17H2,1-3H3,(H,30,31)/b21-13+. The molecule has 6 nitrogen and oxygen atoms in total. The van der Waals surface area contributed by atoms with Gasteiger partial charge in [-0.15, -0.1) is 0 Å². The molecule has 3 rings (SSSR count). The highest BCUT2D eigenvalue weighted by Crippen LogP contribution is 2.30. The normalized spacial score (nSPS) is 10.9. The lowest BCUT2D eigenvalue weighted by Crippen LogP contribution is -2.20. The van der Waals surface area contributed by atoms with Gasteiger partial charge in [0.2, 0.25) is 0 Å². The molecule has 0 spiro atoms. The molecular weight excluding hydrogens is 452 g/mol. The predicted octanol–water partition coefficient (Wildman–Crippen LogP) is 6.14. The third-order valence-electron chi connectivity index (χ3n) is 4.91. The van der Waals surface area contributed by atoms with Crippen LogP contribution in [0.4, 0.5) is 5.69 Å². The van der Waals surface area contributed by atoms with Crippen LogP contribution in [0.2, 0.25) is 5.02 Å². The second-order valence-electron chi connectivity index (χ2n) is 7.34. The molecule has 1 N–H and O–H groups in total. The van der Waals surface area contributed by atoms with E-state index in [4.69, 9.17) is 25.8 Å². The molecule has 0 bridgehead atoms. The Morgan fingerprint density at radius 3 is 2.47 bits per heavy atom. The van der Waals surface area contributed by atoms with Gasteiger partial charge in [-0.3, -0.25) is 4.79 Å². The fraction of sp³-hybridized carbons (Fsp3) is 0.185. The lowest BCUT2D eigenvalue weighted by molar-refractivity contribution is -0.118. The van der Waals surface area contributed by atoms with Crippen LogP contribution < -0.4 is 19.5 Å². The van der Waals surface area contributed by atoms with Crippen LogP contribution in [0.15, 0.2) is 60.7 Å². The Hall–Kier alpha value is -3.95. The number of allylic oxidation sites excluding steroid dienone is 1. The zero-order chi connectivity index (χ0) is 24.5. The number of ether oxygens (including phenoxy) is 3. The number of amides is 1. The molecular formula is C27H25ClN2O4. The van der Waals surface area contributed by atoms with Crippen molar-refractivity contribution in [2.45, 2.75) is 13.8 Å². The van der Waals surface area contributed by atoms with Crippen molar-refractivity contribution in [3.05, 3.63) is 82.4 Å². The fourth-order valence-corrected chi connectivity index (χ4v) is 3.31. The van der Waals surface area contributed by atoms with E-state index in [1.54, 1.807) is 55.7 Å². The Kier molecular flexibility index (Phi) is 8.55. The van der Waals surface area contributed by atoms with Crippen molar-refractivity contribution in [1.29, 1.82) is 5.26 Å². The molecule has 0 fully saturated rings. The van der Waals surface area contributed by atoms with Crippen LogP contribution in [-0.2, 0) is 4.79 Å². The zero-order valence-corrected chi connectivity index (χ0v) is 20.0. The number of methoxy groups -OCH3 is 1. The SMILES string of the molecule is CCOc1cc(/C=C(\C#N)c2ccc(OC)cc2)ccc1OCC(=O)Nc1ccc(C)c(Cl)c1. The van der Waals surface area contributed by atoms with E-state index in [1.165, 1.54) is 0 Å². The van der Waals surface area contributed by atoms with Crippen molar-refractivity contribution in [2.24, 2.45) is 0 Å². The smallest absolute Gasteiger partial charge is 0.262 e. The van der Waals surface area contributed by atoms with Gasteiger partial charge in [0.05, 0.1) is 25.4 Å². The molecule has 1 amide bonds. The van der Waals surface area contributed by atoms with Crippen molar-refractivity contribution < 1.29 is 19.0 Å². The topological polar surface area (TPSA) is 80.6 Å². The van der Waals surface area contributed by atoms with Gasteiger partial charge >= 0.3 is 0 Å². The van der Waals surface area contributed by atoms with Crippen LogP contribution in [0.25, 0.3) is 11.6 Å². The van der Waals surface area contributed by atoms with E-state index in [0.29, 0.717) is 34.4 Å². The number of aryl methyl sites for hydroxylation is 1. The number of rotatable bonds is 9. The maximum Gasteiger partial charge on any atom is 0.262 e. The van der Waals surface area contributed by atoms with E-state index in [0.717, 1.165) is 22.4 Å². The van der Waals surface area contributed by atoms with Gasteiger partial charge in [-0.05, 0) is 85.1 Å². The van der Waals surface area contributed by atoms with Crippen molar-refractivity contribution in [2.75, 3.05) is 25.6 Å². The maximum atomic E-state index is 12.3. The van der Waals surface area contributed by atoms with Crippen molar-refractivity contribution in [3.8, 4) is 23.3 Å². The molecule has 0 saturated heterocycles. The Labute approximate surface area is 204 Å².